The van der Waals surface area contributed by atoms with E-state index >= 15 is 0 Å². The minimum Gasteiger partial charge on any atom is -0.465 e. The summed E-state index contributed by atoms with van der Waals surface area (Å²) in [5.41, 5.74) is 0. The molecule has 1 N–H and O–H groups in total. The monoisotopic (exact) mass is 542 g/mol. The van der Waals surface area contributed by atoms with E-state index in [0.29, 0.717) is 10.9 Å². The normalized spacial score (nSPS) is 19.1. The second-order valence-corrected chi connectivity index (χ2v) is 20.1. The van der Waals surface area contributed by atoms with Crippen molar-refractivity contribution in [2.45, 2.75) is 75.7 Å². The molecule has 2 rings (SSSR count). The van der Waals surface area contributed by atoms with Crippen molar-refractivity contribution in [1.29, 1.82) is 0 Å². The summed E-state index contributed by atoms with van der Waals surface area (Å²) in [5.74, 6) is -1.03. The molecule has 1 aromatic carbocycles. The van der Waals surface area contributed by atoms with Gasteiger partial charge in [0, 0.05) is 26.4 Å². The van der Waals surface area contributed by atoms with Crippen LogP contribution in [0.25, 0.3) is 0 Å². The van der Waals surface area contributed by atoms with Crippen LogP contribution in [0.3, 0.4) is 0 Å². The van der Waals surface area contributed by atoms with Crippen molar-refractivity contribution >= 4 is 33.8 Å². The summed E-state index contributed by atoms with van der Waals surface area (Å²) in [6, 6.07) is 8.51. The number of nitrogens with zero attached hydrogens (tertiary/aromatic N) is 1. The molecule has 10 heteroatoms. The van der Waals surface area contributed by atoms with E-state index in [2.05, 4.69) is 28.7 Å². The van der Waals surface area contributed by atoms with Crippen LogP contribution >= 0.6 is 0 Å². The van der Waals surface area contributed by atoms with E-state index in [1.54, 1.807) is 42.7 Å². The van der Waals surface area contributed by atoms with E-state index in [0.717, 1.165) is 32.1 Å². The molecule has 1 saturated carbocycles. The van der Waals surface area contributed by atoms with Crippen LogP contribution in [-0.2, 0) is 29.3 Å². The molecule has 7 nitrogen and oxygen atoms in total. The Morgan fingerprint density at radius 2 is 1.77 bits per heavy atom. The average molecular weight is 543 g/mol. The van der Waals surface area contributed by atoms with Crippen molar-refractivity contribution in [3.63, 3.8) is 0 Å². The van der Waals surface area contributed by atoms with Crippen LogP contribution in [0.2, 0.25) is 25.7 Å². The van der Waals surface area contributed by atoms with Gasteiger partial charge in [-0.15, -0.1) is 0 Å². The molecule has 1 aliphatic rings. The highest BCUT2D eigenvalue weighted by Gasteiger charge is 2.37. The summed E-state index contributed by atoms with van der Waals surface area (Å²) < 4.78 is 52.0. The van der Waals surface area contributed by atoms with Crippen LogP contribution in [-0.4, -0.2) is 52.1 Å². The molecular formula is C25H42N2O5S2Si. The predicted molar refractivity (Wildman–Crippen MR) is 146 cm³/mol. The highest BCUT2D eigenvalue weighted by atomic mass is 32.2. The number of esters is 1. The lowest BCUT2D eigenvalue weighted by molar-refractivity contribution is -0.146. The summed E-state index contributed by atoms with van der Waals surface area (Å²) in [7, 11) is -6.67. The second-order valence-electron chi connectivity index (χ2n) is 10.3. The third kappa shape index (κ3) is 9.47. The lowest BCUT2D eigenvalue weighted by Crippen LogP contribution is -2.49. The number of hydrogen-bond acceptors (Lipinski definition) is 6. The first-order valence-corrected chi connectivity index (χ1v) is 19.4. The standard InChI is InChI=1S/C25H42N2O5S2Si/c1-6-32-25(28)24(27-34(30,31)19-20-35(3,4)5)23(21-13-9-7-10-14-21)17-18-33(29,26-2)22-15-11-8-12-16-22/h8,11-12,15-18,21,23-24,27H,6-7,9-10,13-14,19-20H2,1-5H3/b18-17+/t23-,24-,33?/m0/s1. The first-order chi connectivity index (χ1) is 16.4. The summed E-state index contributed by atoms with van der Waals surface area (Å²) in [5, 5.41) is 1.56. The molecule has 0 radical (unpaired) electrons. The van der Waals surface area contributed by atoms with Crippen molar-refractivity contribution in [3.05, 3.63) is 41.8 Å². The van der Waals surface area contributed by atoms with E-state index < -0.39 is 45.8 Å². The Kier molecular flexibility index (Phi) is 11.2. The Bertz CT molecular complexity index is 1070. The summed E-state index contributed by atoms with van der Waals surface area (Å²) >= 11 is 0. The first-order valence-electron chi connectivity index (χ1n) is 12.5. The van der Waals surface area contributed by atoms with Gasteiger partial charge in [0.05, 0.1) is 27.0 Å². The van der Waals surface area contributed by atoms with Crippen LogP contribution in [0.15, 0.2) is 51.1 Å². The number of carbonyl (C=O) groups is 1. The molecule has 3 atom stereocenters. The number of nitrogens with one attached hydrogen (secondary N) is 1. The molecule has 35 heavy (non-hydrogen) atoms. The van der Waals surface area contributed by atoms with E-state index in [4.69, 9.17) is 4.74 Å². The first kappa shape index (κ1) is 29.7. The quantitative estimate of drug-likeness (QED) is 0.294. The fourth-order valence-corrected chi connectivity index (χ4v) is 10.0. The van der Waals surface area contributed by atoms with Gasteiger partial charge in [0.15, 0.2) is 0 Å². The third-order valence-corrected chi connectivity index (χ3v) is 11.9. The Morgan fingerprint density at radius 1 is 1.14 bits per heavy atom. The molecular weight excluding hydrogens is 501 g/mol. The molecule has 198 valence electrons. The minimum atomic E-state index is -3.72. The van der Waals surface area contributed by atoms with Crippen LogP contribution in [0.4, 0.5) is 0 Å². The zero-order valence-corrected chi connectivity index (χ0v) is 24.4. The smallest absolute Gasteiger partial charge is 0.324 e. The van der Waals surface area contributed by atoms with Gasteiger partial charge in [-0.05, 0) is 43.9 Å². The maximum atomic E-state index is 13.7. The topological polar surface area (TPSA) is 102 Å². The van der Waals surface area contributed by atoms with Gasteiger partial charge in [-0.2, -0.15) is 0 Å². The lowest BCUT2D eigenvalue weighted by Gasteiger charge is -2.33. The summed E-state index contributed by atoms with van der Waals surface area (Å²) in [4.78, 5) is 13.7. The van der Waals surface area contributed by atoms with E-state index in [-0.39, 0.29) is 18.3 Å². The lowest BCUT2D eigenvalue weighted by atomic mass is 9.77. The van der Waals surface area contributed by atoms with E-state index in [1.807, 2.05) is 6.07 Å². The highest BCUT2D eigenvalue weighted by molar-refractivity contribution is 7.96. The van der Waals surface area contributed by atoms with Crippen molar-refractivity contribution in [1.82, 2.24) is 4.72 Å². The van der Waals surface area contributed by atoms with Crippen molar-refractivity contribution in [2.75, 3.05) is 19.4 Å². The zero-order valence-electron chi connectivity index (χ0n) is 21.7. The SMILES string of the molecule is CCOC(=O)[C@@H](NS(=O)(=O)CC[Si](C)(C)C)[C@@H](/C=C/S(=O)(=NC)c1ccccc1)C1CCCCC1. The maximum Gasteiger partial charge on any atom is 0.324 e. The predicted octanol–water partition coefficient (Wildman–Crippen LogP) is 5.04. The highest BCUT2D eigenvalue weighted by Crippen LogP contribution is 2.34. The fourth-order valence-electron chi connectivity index (χ4n) is 4.33. The average Bonchev–Trinajstić information content (AvgIpc) is 2.83. The Morgan fingerprint density at radius 3 is 2.31 bits per heavy atom. The molecule has 0 bridgehead atoms. The van der Waals surface area contributed by atoms with Crippen LogP contribution in [0.1, 0.15) is 39.0 Å². The molecule has 0 aliphatic heterocycles. The number of rotatable bonds is 12. The van der Waals surface area contributed by atoms with Crippen molar-refractivity contribution < 1.29 is 22.2 Å². The Balaban J connectivity index is 2.47. The van der Waals surface area contributed by atoms with Crippen LogP contribution < -0.4 is 4.72 Å². The van der Waals surface area contributed by atoms with Gasteiger partial charge in [-0.3, -0.25) is 4.79 Å². The molecule has 1 fully saturated rings. The Labute approximate surface area is 213 Å². The van der Waals surface area contributed by atoms with E-state index in [9.17, 15) is 17.4 Å². The molecule has 0 amide bonds. The molecule has 1 aliphatic carbocycles. The van der Waals surface area contributed by atoms with Crippen molar-refractivity contribution in [2.24, 2.45) is 16.2 Å². The molecule has 0 aromatic heterocycles. The molecule has 1 aromatic rings. The second kappa shape index (κ2) is 13.2. The van der Waals surface area contributed by atoms with Crippen molar-refractivity contribution in [3.8, 4) is 0 Å². The molecule has 0 saturated heterocycles. The van der Waals surface area contributed by atoms with Gasteiger partial charge in [0.1, 0.15) is 6.04 Å². The number of hydrogen-bond donors (Lipinski definition) is 1. The Hall–Kier alpha value is -1.49. The fraction of sp³-hybridized carbons (Fsp3) is 0.640. The van der Waals surface area contributed by atoms with Gasteiger partial charge in [-0.25, -0.2) is 21.7 Å². The number of sulfonamides is 1. The summed E-state index contributed by atoms with van der Waals surface area (Å²) in [6.07, 6.45) is 6.64. The molecule has 0 spiro atoms. The van der Waals surface area contributed by atoms with Gasteiger partial charge in [0.25, 0.3) is 0 Å². The largest absolute Gasteiger partial charge is 0.465 e. The maximum absolute atomic E-state index is 13.7. The number of carbonyl (C=O) groups excluding carboxylic acids is 1. The van der Waals surface area contributed by atoms with Crippen LogP contribution in [0, 0.1) is 11.8 Å². The van der Waals surface area contributed by atoms with E-state index in [1.165, 1.54) is 7.05 Å². The summed E-state index contributed by atoms with van der Waals surface area (Å²) in [6.45, 7) is 8.21. The van der Waals surface area contributed by atoms with Crippen LogP contribution in [0.5, 0.6) is 0 Å². The number of benzene rings is 1. The molecule has 0 heterocycles. The van der Waals surface area contributed by atoms with Gasteiger partial charge >= 0.3 is 5.97 Å². The van der Waals surface area contributed by atoms with Gasteiger partial charge in [0.2, 0.25) is 10.0 Å². The zero-order chi connectivity index (χ0) is 26.1. The number of ether oxygens (including phenoxy) is 1. The minimum absolute atomic E-state index is 0.0230. The molecule has 1 unspecified atom stereocenters. The third-order valence-electron chi connectivity index (χ3n) is 6.38. The van der Waals surface area contributed by atoms with Gasteiger partial charge in [-0.1, -0.05) is 63.2 Å². The van der Waals surface area contributed by atoms with Gasteiger partial charge < -0.3 is 4.74 Å².